The van der Waals surface area contributed by atoms with Crippen LogP contribution >= 0.6 is 0 Å². The summed E-state index contributed by atoms with van der Waals surface area (Å²) in [7, 11) is 3.97. The summed E-state index contributed by atoms with van der Waals surface area (Å²) in [5.74, 6) is 0. The predicted molar refractivity (Wildman–Crippen MR) is 52.8 cm³/mol. The van der Waals surface area contributed by atoms with E-state index < -0.39 is 0 Å². The number of fused-ring (bicyclic) bond motifs is 1. The molecule has 0 fully saturated rings. The minimum absolute atomic E-state index is 0.825. The fourth-order valence-corrected chi connectivity index (χ4v) is 1.64. The molecule has 2 heterocycles. The van der Waals surface area contributed by atoms with E-state index in [1.54, 1.807) is 0 Å². The highest BCUT2D eigenvalue weighted by Gasteiger charge is 2.22. The Morgan fingerprint density at radius 1 is 1.38 bits per heavy atom. The van der Waals surface area contributed by atoms with Crippen molar-refractivity contribution in [2.45, 2.75) is 6.42 Å². The van der Waals surface area contributed by atoms with Gasteiger partial charge in [0.25, 0.3) is 0 Å². The summed E-state index contributed by atoms with van der Waals surface area (Å²) in [6, 6.07) is 0. The SMILES string of the molecule is C=C1Cc2ncn(C)c2C(=C)N1C. The maximum atomic E-state index is 4.31. The van der Waals surface area contributed by atoms with Crippen molar-refractivity contribution in [3.8, 4) is 0 Å². The number of nitrogens with zero attached hydrogens (tertiary/aromatic N) is 3. The zero-order valence-corrected chi connectivity index (χ0v) is 8.04. The van der Waals surface area contributed by atoms with Crippen molar-refractivity contribution in [3.05, 3.63) is 36.6 Å². The second kappa shape index (κ2) is 2.49. The molecule has 2 rings (SSSR count). The van der Waals surface area contributed by atoms with Gasteiger partial charge in [-0.3, -0.25) is 0 Å². The van der Waals surface area contributed by atoms with Crippen LogP contribution in [0.25, 0.3) is 5.70 Å². The Balaban J connectivity index is 2.58. The monoisotopic (exact) mass is 175 g/mol. The van der Waals surface area contributed by atoms with Gasteiger partial charge >= 0.3 is 0 Å². The molecular formula is C10H13N3. The average Bonchev–Trinajstić information content (AvgIpc) is 2.43. The number of aryl methyl sites for hydroxylation is 1. The number of allylic oxidation sites excluding steroid dienone is 1. The predicted octanol–water partition coefficient (Wildman–Crippen LogP) is 1.39. The number of aromatic nitrogens is 2. The van der Waals surface area contributed by atoms with Crippen LogP contribution in [0, 0.1) is 0 Å². The Morgan fingerprint density at radius 2 is 2.08 bits per heavy atom. The van der Waals surface area contributed by atoms with E-state index in [0.717, 1.165) is 29.2 Å². The fourth-order valence-electron chi connectivity index (χ4n) is 1.64. The molecule has 0 aliphatic carbocycles. The number of hydrogen-bond donors (Lipinski definition) is 0. The molecule has 1 aliphatic rings. The number of likely N-dealkylation sites (N-methyl/N-ethyl adjacent to an activating group) is 1. The van der Waals surface area contributed by atoms with E-state index in [-0.39, 0.29) is 0 Å². The van der Waals surface area contributed by atoms with E-state index in [1.165, 1.54) is 0 Å². The quantitative estimate of drug-likeness (QED) is 0.594. The van der Waals surface area contributed by atoms with Crippen LogP contribution in [0.4, 0.5) is 0 Å². The Hall–Kier alpha value is -1.51. The average molecular weight is 175 g/mol. The zero-order chi connectivity index (χ0) is 9.59. The van der Waals surface area contributed by atoms with E-state index >= 15 is 0 Å². The Bertz CT molecular complexity index is 387. The summed E-state index contributed by atoms with van der Waals surface area (Å²) in [4.78, 5) is 6.32. The minimum Gasteiger partial charge on any atom is -0.347 e. The molecule has 0 aromatic carbocycles. The standard InChI is InChI=1S/C10H13N3/c1-7-5-9-10(8(2)13(7)4)12(3)6-11-9/h6H,1-2,5H2,3-4H3. The fraction of sp³-hybridized carbons (Fsp3) is 0.300. The molecular weight excluding hydrogens is 162 g/mol. The van der Waals surface area contributed by atoms with Gasteiger partial charge in [-0.05, 0) is 0 Å². The Labute approximate surface area is 78.0 Å². The molecule has 0 bridgehead atoms. The normalized spacial score (nSPS) is 16.3. The second-order valence-corrected chi connectivity index (χ2v) is 3.40. The molecule has 0 atom stereocenters. The molecule has 0 N–H and O–H groups in total. The van der Waals surface area contributed by atoms with Crippen molar-refractivity contribution >= 4 is 5.70 Å². The smallest absolute Gasteiger partial charge is 0.0952 e. The molecule has 0 spiro atoms. The molecule has 1 aromatic heterocycles. The number of imidazole rings is 1. The van der Waals surface area contributed by atoms with Crippen molar-refractivity contribution in [2.75, 3.05) is 7.05 Å². The van der Waals surface area contributed by atoms with Gasteiger partial charge in [-0.15, -0.1) is 0 Å². The first-order valence-electron chi connectivity index (χ1n) is 4.22. The molecule has 0 amide bonds. The highest BCUT2D eigenvalue weighted by atomic mass is 15.2. The van der Waals surface area contributed by atoms with Crippen molar-refractivity contribution in [3.63, 3.8) is 0 Å². The van der Waals surface area contributed by atoms with Crippen LogP contribution in [0.2, 0.25) is 0 Å². The summed E-state index contributed by atoms with van der Waals surface area (Å²) in [6.45, 7) is 7.99. The van der Waals surface area contributed by atoms with Crippen LogP contribution in [0.3, 0.4) is 0 Å². The summed E-state index contributed by atoms with van der Waals surface area (Å²) in [5.41, 5.74) is 4.23. The third-order valence-corrected chi connectivity index (χ3v) is 2.54. The van der Waals surface area contributed by atoms with Crippen LogP contribution in [0.15, 0.2) is 25.2 Å². The van der Waals surface area contributed by atoms with Gasteiger partial charge in [-0.2, -0.15) is 0 Å². The Kier molecular flexibility index (Phi) is 1.55. The van der Waals surface area contributed by atoms with Crippen LogP contribution in [0.1, 0.15) is 11.4 Å². The van der Waals surface area contributed by atoms with Crippen LogP contribution in [-0.2, 0) is 13.5 Å². The zero-order valence-electron chi connectivity index (χ0n) is 8.04. The molecule has 0 radical (unpaired) electrons. The topological polar surface area (TPSA) is 21.1 Å². The molecule has 0 unspecified atom stereocenters. The van der Waals surface area contributed by atoms with Crippen molar-refractivity contribution < 1.29 is 0 Å². The third-order valence-electron chi connectivity index (χ3n) is 2.54. The first kappa shape index (κ1) is 8.10. The van der Waals surface area contributed by atoms with E-state index in [1.807, 2.05) is 29.9 Å². The molecule has 68 valence electrons. The molecule has 0 saturated heterocycles. The van der Waals surface area contributed by atoms with Gasteiger partial charge in [0.1, 0.15) is 0 Å². The first-order valence-corrected chi connectivity index (χ1v) is 4.22. The van der Waals surface area contributed by atoms with Gasteiger partial charge < -0.3 is 9.47 Å². The molecule has 1 aliphatic heterocycles. The Morgan fingerprint density at radius 3 is 2.77 bits per heavy atom. The second-order valence-electron chi connectivity index (χ2n) is 3.40. The number of hydrogen-bond acceptors (Lipinski definition) is 2. The summed E-state index contributed by atoms with van der Waals surface area (Å²) in [5, 5.41) is 0. The van der Waals surface area contributed by atoms with Crippen LogP contribution in [-0.4, -0.2) is 21.5 Å². The van der Waals surface area contributed by atoms with Gasteiger partial charge in [0.05, 0.1) is 23.4 Å². The minimum atomic E-state index is 0.825. The van der Waals surface area contributed by atoms with Gasteiger partial charge in [0, 0.05) is 26.2 Å². The van der Waals surface area contributed by atoms with E-state index in [0.29, 0.717) is 0 Å². The molecule has 1 aromatic rings. The van der Waals surface area contributed by atoms with E-state index in [2.05, 4.69) is 18.1 Å². The number of rotatable bonds is 0. The van der Waals surface area contributed by atoms with Gasteiger partial charge in [-0.25, -0.2) is 4.98 Å². The summed E-state index contributed by atoms with van der Waals surface area (Å²) >= 11 is 0. The van der Waals surface area contributed by atoms with E-state index in [9.17, 15) is 0 Å². The largest absolute Gasteiger partial charge is 0.347 e. The summed E-state index contributed by atoms with van der Waals surface area (Å²) < 4.78 is 2.00. The lowest BCUT2D eigenvalue weighted by Gasteiger charge is -2.29. The third kappa shape index (κ3) is 1.00. The van der Waals surface area contributed by atoms with Gasteiger partial charge in [0.2, 0.25) is 0 Å². The molecule has 3 heteroatoms. The first-order chi connectivity index (χ1) is 6.11. The lowest BCUT2D eigenvalue weighted by molar-refractivity contribution is 0.556. The summed E-state index contributed by atoms with van der Waals surface area (Å²) in [6.07, 6.45) is 2.65. The maximum Gasteiger partial charge on any atom is 0.0952 e. The molecule has 3 nitrogen and oxygen atoms in total. The van der Waals surface area contributed by atoms with Gasteiger partial charge in [0.15, 0.2) is 0 Å². The van der Waals surface area contributed by atoms with E-state index in [4.69, 9.17) is 0 Å². The van der Waals surface area contributed by atoms with Crippen molar-refractivity contribution in [1.82, 2.24) is 14.5 Å². The lowest BCUT2D eigenvalue weighted by Crippen LogP contribution is -2.23. The highest BCUT2D eigenvalue weighted by molar-refractivity contribution is 5.65. The highest BCUT2D eigenvalue weighted by Crippen LogP contribution is 2.29. The van der Waals surface area contributed by atoms with Crippen LogP contribution < -0.4 is 0 Å². The van der Waals surface area contributed by atoms with Crippen molar-refractivity contribution in [2.24, 2.45) is 7.05 Å². The maximum absolute atomic E-state index is 4.31. The lowest BCUT2D eigenvalue weighted by atomic mass is 10.1. The molecule has 13 heavy (non-hydrogen) atoms. The van der Waals surface area contributed by atoms with Crippen molar-refractivity contribution in [1.29, 1.82) is 0 Å². The van der Waals surface area contributed by atoms with Crippen LogP contribution in [0.5, 0.6) is 0 Å². The van der Waals surface area contributed by atoms with Gasteiger partial charge in [-0.1, -0.05) is 13.2 Å². The molecule has 0 saturated carbocycles.